The van der Waals surface area contributed by atoms with Crippen molar-refractivity contribution in [3.05, 3.63) is 0 Å². The van der Waals surface area contributed by atoms with Crippen LogP contribution in [-0.4, -0.2) is 29.2 Å². The van der Waals surface area contributed by atoms with E-state index in [1.807, 2.05) is 0 Å². The number of halogens is 3. The zero-order chi connectivity index (χ0) is 12.5. The van der Waals surface area contributed by atoms with Gasteiger partial charge in [-0.15, -0.1) is 0 Å². The summed E-state index contributed by atoms with van der Waals surface area (Å²) in [4.78, 5) is 3.61. The molecule has 0 unspecified atom stereocenters. The summed E-state index contributed by atoms with van der Waals surface area (Å²) in [6, 6.07) is 0. The minimum atomic E-state index is -4.20. The van der Waals surface area contributed by atoms with Crippen molar-refractivity contribution in [1.82, 2.24) is 5.32 Å². The molecule has 1 spiro atoms. The van der Waals surface area contributed by atoms with Gasteiger partial charge >= 0.3 is 6.18 Å². The molecule has 1 saturated heterocycles. The summed E-state index contributed by atoms with van der Waals surface area (Å²) in [5.41, 5.74) is 0.0155. The Bertz CT molecular complexity index is 306. The molecule has 2 rings (SSSR count). The number of aliphatic imine (C=N–C) groups is 1. The van der Waals surface area contributed by atoms with Crippen molar-refractivity contribution >= 4 is 16.9 Å². The molecule has 0 aromatic rings. The standard InChI is InChI=1S/C11H17F3N2S/c1-8-2-4-10(5-3-8)7-17-9(16-10)15-6-11(12,13)14/h8H,2-7H2,1H3,(H,15,16). The zero-order valence-electron chi connectivity index (χ0n) is 9.81. The first-order valence-corrected chi connectivity index (χ1v) is 6.89. The van der Waals surface area contributed by atoms with Gasteiger partial charge < -0.3 is 5.32 Å². The number of nitrogens with zero attached hydrogens (tertiary/aromatic N) is 1. The zero-order valence-corrected chi connectivity index (χ0v) is 10.6. The number of thioether (sulfide) groups is 1. The van der Waals surface area contributed by atoms with E-state index in [1.165, 1.54) is 11.8 Å². The SMILES string of the molecule is CC1CCC2(CC1)CSC(=NCC(F)(F)F)N2. The Morgan fingerprint density at radius 3 is 2.65 bits per heavy atom. The maximum absolute atomic E-state index is 12.0. The minimum absolute atomic E-state index is 0.0155. The fourth-order valence-corrected chi connectivity index (χ4v) is 3.55. The molecule has 6 heteroatoms. The predicted octanol–water partition coefficient (Wildman–Crippen LogP) is 3.19. The van der Waals surface area contributed by atoms with E-state index in [4.69, 9.17) is 0 Å². The molecule has 0 amide bonds. The Balaban J connectivity index is 1.91. The maximum atomic E-state index is 12.0. The summed E-state index contributed by atoms with van der Waals surface area (Å²) in [7, 11) is 0. The van der Waals surface area contributed by atoms with E-state index < -0.39 is 12.7 Å². The number of hydrogen-bond acceptors (Lipinski definition) is 2. The van der Waals surface area contributed by atoms with E-state index in [0.29, 0.717) is 5.17 Å². The minimum Gasteiger partial charge on any atom is -0.359 e. The molecule has 98 valence electrons. The Morgan fingerprint density at radius 1 is 1.41 bits per heavy atom. The van der Waals surface area contributed by atoms with Gasteiger partial charge in [-0.05, 0) is 31.6 Å². The fraction of sp³-hybridized carbons (Fsp3) is 0.909. The molecular weight excluding hydrogens is 249 g/mol. The smallest absolute Gasteiger partial charge is 0.359 e. The van der Waals surface area contributed by atoms with Crippen LogP contribution < -0.4 is 5.32 Å². The second-order valence-corrected chi connectivity index (χ2v) is 6.08. The van der Waals surface area contributed by atoms with Gasteiger partial charge in [-0.2, -0.15) is 13.2 Å². The maximum Gasteiger partial charge on any atom is 0.408 e. The van der Waals surface area contributed by atoms with Crippen LogP contribution in [0.1, 0.15) is 32.6 Å². The van der Waals surface area contributed by atoms with E-state index in [9.17, 15) is 13.2 Å². The molecular formula is C11H17F3N2S. The van der Waals surface area contributed by atoms with Gasteiger partial charge in [0.15, 0.2) is 5.17 Å². The van der Waals surface area contributed by atoms with Crippen LogP contribution in [0.15, 0.2) is 4.99 Å². The van der Waals surface area contributed by atoms with Gasteiger partial charge in [-0.3, -0.25) is 4.99 Å². The average molecular weight is 266 g/mol. The molecule has 17 heavy (non-hydrogen) atoms. The second kappa shape index (κ2) is 4.71. The average Bonchev–Trinajstić information content (AvgIpc) is 2.63. The van der Waals surface area contributed by atoms with Crippen LogP contribution in [0.25, 0.3) is 0 Å². The highest BCUT2D eigenvalue weighted by molar-refractivity contribution is 8.14. The molecule has 1 heterocycles. The molecule has 2 nitrogen and oxygen atoms in total. The van der Waals surface area contributed by atoms with Crippen molar-refractivity contribution < 1.29 is 13.2 Å². The van der Waals surface area contributed by atoms with Crippen LogP contribution in [0, 0.1) is 5.92 Å². The van der Waals surface area contributed by atoms with Gasteiger partial charge in [0.2, 0.25) is 0 Å². The summed E-state index contributed by atoms with van der Waals surface area (Å²) in [6.45, 7) is 1.16. The second-order valence-electron chi connectivity index (χ2n) is 5.11. The molecule has 0 aromatic carbocycles. The molecule has 0 radical (unpaired) electrons. The van der Waals surface area contributed by atoms with Crippen LogP contribution in [-0.2, 0) is 0 Å². The van der Waals surface area contributed by atoms with E-state index in [1.54, 1.807) is 0 Å². The number of hydrogen-bond donors (Lipinski definition) is 1. The van der Waals surface area contributed by atoms with Crippen LogP contribution in [0.3, 0.4) is 0 Å². The first-order valence-electron chi connectivity index (χ1n) is 5.91. The molecule has 0 bridgehead atoms. The number of rotatable bonds is 1. The molecule has 0 atom stereocenters. The normalized spacial score (nSPS) is 36.5. The third-order valence-electron chi connectivity index (χ3n) is 3.49. The third-order valence-corrected chi connectivity index (χ3v) is 4.69. The molecule has 2 fully saturated rings. The molecule has 2 aliphatic rings. The van der Waals surface area contributed by atoms with E-state index in [-0.39, 0.29) is 5.54 Å². The Labute approximate surface area is 103 Å². The van der Waals surface area contributed by atoms with Gasteiger partial charge in [0.25, 0.3) is 0 Å². The fourth-order valence-electron chi connectivity index (χ4n) is 2.34. The summed E-state index contributed by atoms with van der Waals surface area (Å²) < 4.78 is 36.1. The first kappa shape index (κ1) is 13.1. The monoisotopic (exact) mass is 266 g/mol. The molecule has 0 aromatic heterocycles. The van der Waals surface area contributed by atoms with Gasteiger partial charge in [-0.1, -0.05) is 18.7 Å². The highest BCUT2D eigenvalue weighted by atomic mass is 32.2. The number of amidine groups is 1. The highest BCUT2D eigenvalue weighted by Gasteiger charge is 2.40. The lowest BCUT2D eigenvalue weighted by Crippen LogP contribution is -2.46. The summed E-state index contributed by atoms with van der Waals surface area (Å²) >= 11 is 1.43. The van der Waals surface area contributed by atoms with Crippen LogP contribution >= 0.6 is 11.8 Å². The lowest BCUT2D eigenvalue weighted by atomic mass is 9.78. The van der Waals surface area contributed by atoms with Crippen molar-refractivity contribution in [2.45, 2.75) is 44.3 Å². The lowest BCUT2D eigenvalue weighted by molar-refractivity contribution is -0.118. The van der Waals surface area contributed by atoms with Crippen LogP contribution in [0.4, 0.5) is 13.2 Å². The molecule has 1 aliphatic carbocycles. The van der Waals surface area contributed by atoms with Gasteiger partial charge in [-0.25, -0.2) is 0 Å². The molecule has 1 saturated carbocycles. The van der Waals surface area contributed by atoms with Crippen molar-refractivity contribution in [2.24, 2.45) is 10.9 Å². The number of nitrogens with one attached hydrogen (secondary N) is 1. The van der Waals surface area contributed by atoms with E-state index in [0.717, 1.165) is 37.4 Å². The summed E-state index contributed by atoms with van der Waals surface area (Å²) in [6.07, 6.45) is 0.199. The number of alkyl halides is 3. The van der Waals surface area contributed by atoms with Crippen LogP contribution in [0.2, 0.25) is 0 Å². The Hall–Kier alpha value is -0.390. The predicted molar refractivity (Wildman–Crippen MR) is 64.3 cm³/mol. The largest absolute Gasteiger partial charge is 0.408 e. The first-order chi connectivity index (χ1) is 7.89. The van der Waals surface area contributed by atoms with Crippen molar-refractivity contribution in [1.29, 1.82) is 0 Å². The van der Waals surface area contributed by atoms with Gasteiger partial charge in [0.05, 0.1) is 0 Å². The van der Waals surface area contributed by atoms with Crippen molar-refractivity contribution in [2.75, 3.05) is 12.3 Å². The molecule has 1 aliphatic heterocycles. The highest BCUT2D eigenvalue weighted by Crippen LogP contribution is 2.38. The van der Waals surface area contributed by atoms with Crippen molar-refractivity contribution in [3.8, 4) is 0 Å². The third kappa shape index (κ3) is 3.53. The van der Waals surface area contributed by atoms with Crippen molar-refractivity contribution in [3.63, 3.8) is 0 Å². The Morgan fingerprint density at radius 2 is 2.06 bits per heavy atom. The molecule has 1 N–H and O–H groups in total. The Kier molecular flexibility index (Phi) is 3.61. The van der Waals surface area contributed by atoms with E-state index >= 15 is 0 Å². The van der Waals surface area contributed by atoms with Gasteiger partial charge in [0, 0.05) is 11.3 Å². The van der Waals surface area contributed by atoms with Crippen LogP contribution in [0.5, 0.6) is 0 Å². The van der Waals surface area contributed by atoms with Gasteiger partial charge in [0.1, 0.15) is 6.54 Å². The summed E-state index contributed by atoms with van der Waals surface area (Å²) in [5, 5.41) is 3.68. The quantitative estimate of drug-likeness (QED) is 0.788. The topological polar surface area (TPSA) is 24.4 Å². The lowest BCUT2D eigenvalue weighted by Gasteiger charge is -2.35. The summed E-state index contributed by atoms with van der Waals surface area (Å²) in [5.74, 6) is 1.60. The van der Waals surface area contributed by atoms with E-state index in [2.05, 4.69) is 17.2 Å².